The first-order valence-corrected chi connectivity index (χ1v) is 11.6. The van der Waals surface area contributed by atoms with E-state index in [0.717, 1.165) is 37.2 Å². The Morgan fingerprint density at radius 2 is 1.92 bits per heavy atom. The number of hydrogen-bond donors (Lipinski definition) is 2. The van der Waals surface area contributed by atoms with Crippen molar-refractivity contribution in [3.05, 3.63) is 0 Å². The van der Waals surface area contributed by atoms with E-state index in [4.69, 9.17) is 9.84 Å². The van der Waals surface area contributed by atoms with Gasteiger partial charge in [0, 0.05) is 6.42 Å². The number of aliphatic hydroxyl groups is 1. The Morgan fingerprint density at radius 3 is 2.58 bits per heavy atom. The van der Waals surface area contributed by atoms with Gasteiger partial charge in [-0.05, 0) is 67.3 Å². The number of thioether (sulfide) groups is 1. The van der Waals surface area contributed by atoms with Gasteiger partial charge in [0.2, 0.25) is 0 Å². The van der Waals surface area contributed by atoms with Crippen LogP contribution in [-0.4, -0.2) is 46.0 Å². The minimum Gasteiger partial charge on any atom is -0.481 e. The second-order valence-electron chi connectivity index (χ2n) is 8.88. The van der Waals surface area contributed by atoms with Crippen LogP contribution in [0, 0.1) is 17.3 Å². The summed E-state index contributed by atoms with van der Waals surface area (Å²) >= 11 is 1.88. The van der Waals surface area contributed by atoms with Gasteiger partial charge >= 0.3 is 5.97 Å². The van der Waals surface area contributed by atoms with Gasteiger partial charge in [0.1, 0.15) is 0 Å². The standard InChI is InChI=1S/C21H38O4S/c1-4-5-12-21(2,3)19(22)11-8-15-16(18-10-9-17(15)25-18)14-26-13-6-7-20(23)24/h15-19,22H,4-14H2,1-3H3,(H,23,24). The molecule has 0 aromatic carbocycles. The number of ether oxygens (including phenoxy) is 1. The summed E-state index contributed by atoms with van der Waals surface area (Å²) in [7, 11) is 0. The van der Waals surface area contributed by atoms with Crippen molar-refractivity contribution in [2.75, 3.05) is 11.5 Å². The first-order chi connectivity index (χ1) is 12.3. The first-order valence-electron chi connectivity index (χ1n) is 10.5. The van der Waals surface area contributed by atoms with Crippen LogP contribution in [0.15, 0.2) is 0 Å². The van der Waals surface area contributed by atoms with E-state index >= 15 is 0 Å². The summed E-state index contributed by atoms with van der Waals surface area (Å²) in [6, 6.07) is 0. The van der Waals surface area contributed by atoms with Gasteiger partial charge in [0.25, 0.3) is 0 Å². The Kier molecular flexibility index (Phi) is 8.75. The van der Waals surface area contributed by atoms with Gasteiger partial charge in [0.05, 0.1) is 18.3 Å². The zero-order valence-electron chi connectivity index (χ0n) is 16.8. The molecule has 2 rings (SSSR count). The average molecular weight is 387 g/mol. The zero-order chi connectivity index (χ0) is 19.2. The minimum atomic E-state index is -0.702. The first kappa shape index (κ1) is 22.0. The highest BCUT2D eigenvalue weighted by molar-refractivity contribution is 7.99. The van der Waals surface area contributed by atoms with Gasteiger partial charge in [-0.2, -0.15) is 11.8 Å². The maximum atomic E-state index is 10.7. The Bertz CT molecular complexity index is 440. The molecular weight excluding hydrogens is 348 g/mol. The van der Waals surface area contributed by atoms with Crippen molar-refractivity contribution >= 4 is 17.7 Å². The molecule has 0 spiro atoms. The molecule has 5 atom stereocenters. The van der Waals surface area contributed by atoms with Gasteiger partial charge in [0.15, 0.2) is 0 Å². The molecule has 2 aliphatic heterocycles. The summed E-state index contributed by atoms with van der Waals surface area (Å²) in [6.07, 6.45) is 9.26. The predicted octanol–water partition coefficient (Wildman–Crippen LogP) is 4.74. The molecule has 0 saturated carbocycles. The van der Waals surface area contributed by atoms with Crippen molar-refractivity contribution in [2.45, 2.75) is 96.9 Å². The van der Waals surface area contributed by atoms with E-state index in [1.807, 2.05) is 11.8 Å². The third-order valence-electron chi connectivity index (χ3n) is 6.43. The molecule has 26 heavy (non-hydrogen) atoms. The third kappa shape index (κ3) is 6.13. The Morgan fingerprint density at radius 1 is 1.23 bits per heavy atom. The molecule has 2 aliphatic rings. The van der Waals surface area contributed by atoms with Crippen LogP contribution in [-0.2, 0) is 9.53 Å². The van der Waals surface area contributed by atoms with Crippen LogP contribution in [0.4, 0.5) is 0 Å². The molecule has 2 N–H and O–H groups in total. The number of rotatable bonds is 13. The molecule has 2 fully saturated rings. The largest absolute Gasteiger partial charge is 0.481 e. The molecule has 0 amide bonds. The van der Waals surface area contributed by atoms with Crippen molar-refractivity contribution in [2.24, 2.45) is 17.3 Å². The molecule has 0 aromatic rings. The van der Waals surface area contributed by atoms with Gasteiger partial charge in [-0.25, -0.2) is 0 Å². The molecule has 2 saturated heterocycles. The molecule has 5 unspecified atom stereocenters. The van der Waals surface area contributed by atoms with Crippen molar-refractivity contribution in [3.8, 4) is 0 Å². The van der Waals surface area contributed by atoms with Gasteiger partial charge in [-0.3, -0.25) is 4.79 Å². The highest BCUT2D eigenvalue weighted by atomic mass is 32.2. The maximum Gasteiger partial charge on any atom is 0.303 e. The Labute approximate surface area is 163 Å². The molecule has 2 bridgehead atoms. The molecule has 4 nitrogen and oxygen atoms in total. The number of carbonyl (C=O) groups is 1. The van der Waals surface area contributed by atoms with E-state index in [1.54, 1.807) is 0 Å². The van der Waals surface area contributed by atoms with E-state index in [0.29, 0.717) is 24.0 Å². The smallest absolute Gasteiger partial charge is 0.303 e. The highest BCUT2D eigenvalue weighted by Crippen LogP contribution is 2.47. The second kappa shape index (κ2) is 10.3. The van der Waals surface area contributed by atoms with E-state index < -0.39 is 5.97 Å². The lowest BCUT2D eigenvalue weighted by Gasteiger charge is -2.33. The second-order valence-corrected chi connectivity index (χ2v) is 10.0. The number of aliphatic hydroxyl groups excluding tert-OH is 1. The number of carboxylic acid groups (broad SMARTS) is 1. The lowest BCUT2D eigenvalue weighted by atomic mass is 9.74. The highest BCUT2D eigenvalue weighted by Gasteiger charge is 2.48. The maximum absolute atomic E-state index is 10.7. The molecule has 2 heterocycles. The van der Waals surface area contributed by atoms with Crippen LogP contribution in [0.1, 0.15) is 78.6 Å². The summed E-state index contributed by atoms with van der Waals surface area (Å²) in [5.41, 5.74) is -0.00440. The Hall–Kier alpha value is -0.260. The number of fused-ring (bicyclic) bond motifs is 2. The molecule has 0 aromatic heterocycles. The van der Waals surface area contributed by atoms with Gasteiger partial charge in [-0.15, -0.1) is 0 Å². The van der Waals surface area contributed by atoms with Crippen LogP contribution < -0.4 is 0 Å². The van der Waals surface area contributed by atoms with Crippen LogP contribution in [0.2, 0.25) is 0 Å². The average Bonchev–Trinajstić information content (AvgIpc) is 3.19. The molecule has 0 radical (unpaired) electrons. The minimum absolute atomic E-state index is 0.00440. The van der Waals surface area contributed by atoms with Crippen LogP contribution in [0.3, 0.4) is 0 Å². The summed E-state index contributed by atoms with van der Waals surface area (Å²) in [4.78, 5) is 10.6. The summed E-state index contributed by atoms with van der Waals surface area (Å²) in [5, 5.41) is 19.5. The van der Waals surface area contributed by atoms with Gasteiger partial charge < -0.3 is 14.9 Å². The Balaban J connectivity index is 1.77. The van der Waals surface area contributed by atoms with Crippen LogP contribution in [0.5, 0.6) is 0 Å². The zero-order valence-corrected chi connectivity index (χ0v) is 17.6. The lowest BCUT2D eigenvalue weighted by molar-refractivity contribution is -0.137. The summed E-state index contributed by atoms with van der Waals surface area (Å²) in [6.45, 7) is 6.59. The van der Waals surface area contributed by atoms with Crippen molar-refractivity contribution in [3.63, 3.8) is 0 Å². The van der Waals surface area contributed by atoms with E-state index in [-0.39, 0.29) is 17.9 Å². The topological polar surface area (TPSA) is 66.8 Å². The quantitative estimate of drug-likeness (QED) is 0.448. The fraction of sp³-hybridized carbons (Fsp3) is 0.952. The van der Waals surface area contributed by atoms with Crippen molar-refractivity contribution in [1.29, 1.82) is 0 Å². The van der Waals surface area contributed by atoms with E-state index in [2.05, 4.69) is 20.8 Å². The summed E-state index contributed by atoms with van der Waals surface area (Å²) in [5.74, 6) is 2.43. The van der Waals surface area contributed by atoms with E-state index in [9.17, 15) is 9.90 Å². The van der Waals surface area contributed by atoms with Crippen molar-refractivity contribution < 1.29 is 19.7 Å². The molecule has 5 heteroatoms. The molecule has 0 aliphatic carbocycles. The van der Waals surface area contributed by atoms with E-state index in [1.165, 1.54) is 25.7 Å². The molecular formula is C21H38O4S. The van der Waals surface area contributed by atoms with Gasteiger partial charge in [-0.1, -0.05) is 33.6 Å². The molecule has 152 valence electrons. The van der Waals surface area contributed by atoms with Crippen LogP contribution in [0.25, 0.3) is 0 Å². The SMILES string of the molecule is CCCCC(C)(C)C(O)CCC1C2CCC(O2)C1CSCCCC(=O)O. The monoisotopic (exact) mass is 386 g/mol. The third-order valence-corrected chi connectivity index (χ3v) is 7.63. The summed E-state index contributed by atoms with van der Waals surface area (Å²) < 4.78 is 6.19. The number of unbranched alkanes of at least 4 members (excludes halogenated alkanes) is 1. The predicted molar refractivity (Wildman–Crippen MR) is 108 cm³/mol. The fourth-order valence-corrected chi connectivity index (χ4v) is 5.84. The normalized spacial score (nSPS) is 29.2. The fourth-order valence-electron chi connectivity index (χ4n) is 4.59. The van der Waals surface area contributed by atoms with Crippen LogP contribution >= 0.6 is 11.8 Å². The van der Waals surface area contributed by atoms with Crippen molar-refractivity contribution in [1.82, 2.24) is 0 Å². The lowest BCUT2D eigenvalue weighted by Crippen LogP contribution is -2.33. The number of aliphatic carboxylic acids is 1. The number of hydrogen-bond acceptors (Lipinski definition) is 4. The number of carboxylic acids is 1.